The van der Waals surface area contributed by atoms with Crippen LogP contribution in [0.3, 0.4) is 0 Å². The molecule has 1 N–H and O–H groups in total. The van der Waals surface area contributed by atoms with Gasteiger partial charge >= 0.3 is 0 Å². The van der Waals surface area contributed by atoms with Crippen LogP contribution in [0.5, 0.6) is 0 Å². The first-order valence-electron chi connectivity index (χ1n) is 6.33. The minimum atomic E-state index is -0.169. The molecule has 1 fully saturated rings. The Morgan fingerprint density at radius 1 is 1.39 bits per heavy atom. The topological polar surface area (TPSA) is 32.3 Å². The van der Waals surface area contributed by atoms with Gasteiger partial charge in [-0.15, -0.1) is 0 Å². The van der Waals surface area contributed by atoms with Crippen molar-refractivity contribution in [1.82, 2.24) is 5.32 Å². The third kappa shape index (κ3) is 3.27. The summed E-state index contributed by atoms with van der Waals surface area (Å²) in [4.78, 5) is 13.8. The van der Waals surface area contributed by atoms with E-state index < -0.39 is 0 Å². The Morgan fingerprint density at radius 3 is 2.89 bits per heavy atom. The summed E-state index contributed by atoms with van der Waals surface area (Å²) < 4.78 is 0. The van der Waals surface area contributed by atoms with E-state index in [1.54, 1.807) is 6.92 Å². The van der Waals surface area contributed by atoms with Crippen molar-refractivity contribution in [2.75, 3.05) is 18.0 Å². The number of hydrogen-bond acceptors (Lipinski definition) is 2. The van der Waals surface area contributed by atoms with Gasteiger partial charge in [0, 0.05) is 24.8 Å². The number of carbonyl (C=O) groups is 1. The second-order valence-electron chi connectivity index (χ2n) is 4.47. The van der Waals surface area contributed by atoms with Crippen LogP contribution in [0.1, 0.15) is 19.8 Å². The molecule has 1 aliphatic rings. The molecule has 0 bridgehead atoms. The largest absolute Gasteiger partial charge is 0.369 e. The van der Waals surface area contributed by atoms with Gasteiger partial charge in [0.1, 0.15) is 0 Å². The molecule has 0 saturated carbocycles. The molecule has 94 valence electrons. The average Bonchev–Trinajstić information content (AvgIpc) is 2.40. The zero-order valence-corrected chi connectivity index (χ0v) is 10.6. The first-order chi connectivity index (χ1) is 8.79. The molecular formula is C15H18N2O. The highest BCUT2D eigenvalue weighted by molar-refractivity contribution is 5.93. The van der Waals surface area contributed by atoms with E-state index in [9.17, 15) is 4.79 Å². The molecule has 1 aromatic carbocycles. The van der Waals surface area contributed by atoms with Crippen molar-refractivity contribution in [2.24, 2.45) is 0 Å². The Hall–Kier alpha value is -1.95. The molecule has 0 aliphatic carbocycles. The van der Waals surface area contributed by atoms with Crippen LogP contribution < -0.4 is 10.2 Å². The highest BCUT2D eigenvalue weighted by Gasteiger charge is 2.20. The second-order valence-corrected chi connectivity index (χ2v) is 4.47. The van der Waals surface area contributed by atoms with Crippen molar-refractivity contribution in [2.45, 2.75) is 25.8 Å². The van der Waals surface area contributed by atoms with E-state index >= 15 is 0 Å². The van der Waals surface area contributed by atoms with Gasteiger partial charge in [0.25, 0.3) is 5.91 Å². The lowest BCUT2D eigenvalue weighted by Gasteiger charge is -2.34. The van der Waals surface area contributed by atoms with E-state index in [4.69, 9.17) is 0 Å². The molecule has 0 spiro atoms. The summed E-state index contributed by atoms with van der Waals surface area (Å²) >= 11 is 0. The summed E-state index contributed by atoms with van der Waals surface area (Å²) in [6.07, 6.45) is 2.12. The molecular weight excluding hydrogens is 224 g/mol. The number of amides is 1. The maximum atomic E-state index is 11.5. The molecule has 2 rings (SSSR count). The SMILES string of the molecule is CC#CC(=O)N[C@@H]1CCCN(c2ccccc2)C1. The zero-order valence-electron chi connectivity index (χ0n) is 10.6. The third-order valence-electron chi connectivity index (χ3n) is 3.12. The fourth-order valence-corrected chi connectivity index (χ4v) is 2.30. The van der Waals surface area contributed by atoms with Crippen molar-refractivity contribution in [1.29, 1.82) is 0 Å². The number of anilines is 1. The van der Waals surface area contributed by atoms with Gasteiger partial charge in [-0.05, 0) is 37.8 Å². The van der Waals surface area contributed by atoms with E-state index in [0.29, 0.717) is 0 Å². The Kier molecular flexibility index (Phi) is 4.25. The van der Waals surface area contributed by atoms with Gasteiger partial charge in [-0.1, -0.05) is 24.1 Å². The summed E-state index contributed by atoms with van der Waals surface area (Å²) in [5.41, 5.74) is 1.22. The van der Waals surface area contributed by atoms with Gasteiger partial charge in [-0.3, -0.25) is 4.79 Å². The lowest BCUT2D eigenvalue weighted by atomic mass is 10.0. The molecule has 1 saturated heterocycles. The van der Waals surface area contributed by atoms with Crippen molar-refractivity contribution in [3.05, 3.63) is 30.3 Å². The van der Waals surface area contributed by atoms with Crippen LogP contribution in [0.4, 0.5) is 5.69 Å². The van der Waals surface area contributed by atoms with Crippen molar-refractivity contribution < 1.29 is 4.79 Å². The predicted molar refractivity (Wildman–Crippen MR) is 73.3 cm³/mol. The van der Waals surface area contributed by atoms with Gasteiger partial charge in [0.05, 0.1) is 0 Å². The predicted octanol–water partition coefficient (Wildman–Crippen LogP) is 1.79. The minimum absolute atomic E-state index is 0.169. The van der Waals surface area contributed by atoms with Gasteiger partial charge < -0.3 is 10.2 Å². The molecule has 1 heterocycles. The standard InChI is InChI=1S/C15H18N2O/c1-2-7-15(18)16-13-8-6-11-17(12-13)14-9-4-3-5-10-14/h3-5,9-10,13H,6,8,11-12H2,1H3,(H,16,18)/t13-/m1/s1. The van der Waals surface area contributed by atoms with Gasteiger partial charge in [-0.2, -0.15) is 0 Å². The van der Waals surface area contributed by atoms with Gasteiger partial charge in [-0.25, -0.2) is 0 Å². The quantitative estimate of drug-likeness (QED) is 0.802. The lowest BCUT2D eigenvalue weighted by molar-refractivity contribution is -0.116. The normalized spacial score (nSPS) is 18.7. The van der Waals surface area contributed by atoms with Gasteiger partial charge in [0.2, 0.25) is 0 Å². The van der Waals surface area contributed by atoms with Crippen molar-refractivity contribution in [3.8, 4) is 11.8 Å². The number of carbonyl (C=O) groups excluding carboxylic acids is 1. The number of benzene rings is 1. The van der Waals surface area contributed by atoms with Crippen molar-refractivity contribution >= 4 is 11.6 Å². The van der Waals surface area contributed by atoms with E-state index in [1.165, 1.54) is 5.69 Å². The van der Waals surface area contributed by atoms with E-state index in [1.807, 2.05) is 18.2 Å². The van der Waals surface area contributed by atoms with Crippen LogP contribution in [0.15, 0.2) is 30.3 Å². The average molecular weight is 242 g/mol. The van der Waals surface area contributed by atoms with Crippen LogP contribution in [0.25, 0.3) is 0 Å². The number of hydrogen-bond donors (Lipinski definition) is 1. The maximum Gasteiger partial charge on any atom is 0.296 e. The first kappa shape index (κ1) is 12.5. The molecule has 1 aliphatic heterocycles. The van der Waals surface area contributed by atoms with Crippen LogP contribution in [-0.2, 0) is 4.79 Å². The molecule has 3 nitrogen and oxygen atoms in total. The Bertz CT molecular complexity index is 458. The lowest BCUT2D eigenvalue weighted by Crippen LogP contribution is -2.47. The third-order valence-corrected chi connectivity index (χ3v) is 3.12. The maximum absolute atomic E-state index is 11.5. The molecule has 1 amide bonds. The molecule has 0 unspecified atom stereocenters. The van der Waals surface area contributed by atoms with Crippen LogP contribution in [0, 0.1) is 11.8 Å². The molecule has 1 atom stereocenters. The van der Waals surface area contributed by atoms with Gasteiger partial charge in [0.15, 0.2) is 0 Å². The first-order valence-corrected chi connectivity index (χ1v) is 6.33. The number of nitrogens with zero attached hydrogens (tertiary/aromatic N) is 1. The zero-order chi connectivity index (χ0) is 12.8. The molecule has 0 aromatic heterocycles. The summed E-state index contributed by atoms with van der Waals surface area (Å²) in [5.74, 6) is 4.98. The Labute approximate surface area is 108 Å². The Morgan fingerprint density at radius 2 is 2.17 bits per heavy atom. The summed E-state index contributed by atoms with van der Waals surface area (Å²) in [6.45, 7) is 3.59. The number of nitrogens with one attached hydrogen (secondary N) is 1. The van der Waals surface area contributed by atoms with Crippen LogP contribution in [-0.4, -0.2) is 25.0 Å². The van der Waals surface area contributed by atoms with E-state index in [0.717, 1.165) is 25.9 Å². The number of piperidine rings is 1. The highest BCUT2D eigenvalue weighted by Crippen LogP contribution is 2.19. The summed E-state index contributed by atoms with van der Waals surface area (Å²) in [5, 5.41) is 2.97. The van der Waals surface area contributed by atoms with E-state index in [2.05, 4.69) is 34.2 Å². The summed E-state index contributed by atoms with van der Waals surface area (Å²) in [6, 6.07) is 10.5. The van der Waals surface area contributed by atoms with Crippen LogP contribution in [0.2, 0.25) is 0 Å². The molecule has 3 heteroatoms. The number of para-hydroxylation sites is 1. The fourth-order valence-electron chi connectivity index (χ4n) is 2.30. The number of rotatable bonds is 2. The van der Waals surface area contributed by atoms with E-state index in [-0.39, 0.29) is 11.9 Å². The fraction of sp³-hybridized carbons (Fsp3) is 0.400. The summed E-state index contributed by atoms with van der Waals surface area (Å²) in [7, 11) is 0. The second kappa shape index (κ2) is 6.11. The highest BCUT2D eigenvalue weighted by atomic mass is 16.1. The smallest absolute Gasteiger partial charge is 0.296 e. The van der Waals surface area contributed by atoms with Crippen molar-refractivity contribution in [3.63, 3.8) is 0 Å². The minimum Gasteiger partial charge on any atom is -0.369 e. The molecule has 18 heavy (non-hydrogen) atoms. The molecule has 0 radical (unpaired) electrons. The van der Waals surface area contributed by atoms with Crippen LogP contribution >= 0.6 is 0 Å². The monoisotopic (exact) mass is 242 g/mol. The molecule has 1 aromatic rings. The Balaban J connectivity index is 1.96.